The van der Waals surface area contributed by atoms with Gasteiger partial charge in [0.1, 0.15) is 17.6 Å². The fourth-order valence-corrected chi connectivity index (χ4v) is 4.20. The Labute approximate surface area is 209 Å². The summed E-state index contributed by atoms with van der Waals surface area (Å²) in [6.45, 7) is 5.48. The summed E-state index contributed by atoms with van der Waals surface area (Å²) in [4.78, 5) is 41.0. The van der Waals surface area contributed by atoms with E-state index in [-0.39, 0.29) is 17.5 Å². The van der Waals surface area contributed by atoms with Crippen molar-refractivity contribution < 1.29 is 18.8 Å². The molecule has 3 amide bonds. The maximum atomic E-state index is 13.2. The van der Waals surface area contributed by atoms with Gasteiger partial charge in [0.2, 0.25) is 5.91 Å². The second kappa shape index (κ2) is 11.2. The van der Waals surface area contributed by atoms with Gasteiger partial charge in [-0.3, -0.25) is 19.1 Å². The number of aryl methyl sites for hydroxylation is 1. The van der Waals surface area contributed by atoms with Gasteiger partial charge in [-0.25, -0.2) is 4.39 Å². The van der Waals surface area contributed by atoms with Crippen LogP contribution in [0.3, 0.4) is 0 Å². The molecule has 8 nitrogen and oxygen atoms in total. The van der Waals surface area contributed by atoms with Crippen LogP contribution in [-0.2, 0) is 17.9 Å². The molecule has 0 saturated heterocycles. The Balaban J connectivity index is 1.48. The van der Waals surface area contributed by atoms with E-state index >= 15 is 0 Å². The van der Waals surface area contributed by atoms with Crippen molar-refractivity contribution in [3.8, 4) is 0 Å². The molecule has 2 heterocycles. The highest BCUT2D eigenvalue weighted by atomic mass is 19.1. The molecule has 2 aromatic carbocycles. The first-order valence-electron chi connectivity index (χ1n) is 12.1. The number of hydrogen-bond acceptors (Lipinski definition) is 4. The first-order valence-corrected chi connectivity index (χ1v) is 12.1. The fraction of sp³-hybridized carbons (Fsp3) is 0.333. The SMILES string of the molecule is CC(C)C[C@@H](NC(=O)c1cc2n(n1)CCCN(Cc1ccccc1)C2=O)C(=O)Nc1ccc(F)cc1. The van der Waals surface area contributed by atoms with Crippen molar-refractivity contribution in [3.05, 3.63) is 83.4 Å². The number of nitrogens with one attached hydrogen (secondary N) is 2. The quantitative estimate of drug-likeness (QED) is 0.500. The Morgan fingerprint density at radius 3 is 2.47 bits per heavy atom. The molecule has 0 fully saturated rings. The van der Waals surface area contributed by atoms with Crippen molar-refractivity contribution in [2.24, 2.45) is 5.92 Å². The Morgan fingerprint density at radius 2 is 1.78 bits per heavy atom. The average molecular weight is 492 g/mol. The Bertz CT molecular complexity index is 1220. The lowest BCUT2D eigenvalue weighted by Gasteiger charge is -2.20. The van der Waals surface area contributed by atoms with Gasteiger partial charge in [-0.2, -0.15) is 5.10 Å². The first kappa shape index (κ1) is 25.1. The summed E-state index contributed by atoms with van der Waals surface area (Å²) in [6.07, 6.45) is 1.11. The number of carbonyl (C=O) groups is 3. The van der Waals surface area contributed by atoms with Gasteiger partial charge in [0.25, 0.3) is 11.8 Å². The highest BCUT2D eigenvalue weighted by Crippen LogP contribution is 2.18. The molecular formula is C27H30FN5O3. The number of carbonyl (C=O) groups excluding carboxylic acids is 3. The number of rotatable bonds is 8. The van der Waals surface area contributed by atoms with Gasteiger partial charge in [0.05, 0.1) is 0 Å². The number of aromatic nitrogens is 2. The molecule has 9 heteroatoms. The van der Waals surface area contributed by atoms with Gasteiger partial charge in [0, 0.05) is 31.4 Å². The highest BCUT2D eigenvalue weighted by Gasteiger charge is 2.28. The third-order valence-electron chi connectivity index (χ3n) is 5.97. The maximum Gasteiger partial charge on any atom is 0.272 e. The molecular weight excluding hydrogens is 461 g/mol. The Hall–Kier alpha value is -4.01. The standard InChI is InChI=1S/C27H30FN5O3/c1-18(2)15-22(25(34)29-21-11-9-20(28)10-12-21)30-26(35)23-16-24-27(36)32(13-6-14-33(24)31-23)17-19-7-4-3-5-8-19/h3-5,7-12,16,18,22H,6,13-15,17H2,1-2H3,(H,29,34)(H,30,35)/t22-/m1/s1. The molecule has 0 unspecified atom stereocenters. The van der Waals surface area contributed by atoms with E-state index in [1.54, 1.807) is 9.58 Å². The van der Waals surface area contributed by atoms with Gasteiger partial charge in [-0.05, 0) is 48.6 Å². The van der Waals surface area contributed by atoms with E-state index in [0.717, 1.165) is 5.56 Å². The van der Waals surface area contributed by atoms with Crippen LogP contribution in [0.25, 0.3) is 0 Å². The van der Waals surface area contributed by atoms with E-state index in [4.69, 9.17) is 0 Å². The molecule has 4 rings (SSSR count). The van der Waals surface area contributed by atoms with Crippen LogP contribution < -0.4 is 10.6 Å². The van der Waals surface area contributed by atoms with Crippen LogP contribution in [0.2, 0.25) is 0 Å². The molecule has 0 spiro atoms. The molecule has 3 aromatic rings. The molecule has 2 N–H and O–H groups in total. The predicted molar refractivity (Wildman–Crippen MR) is 134 cm³/mol. The third kappa shape index (κ3) is 6.16. The summed E-state index contributed by atoms with van der Waals surface area (Å²) in [5.74, 6) is -1.40. The second-order valence-corrected chi connectivity index (χ2v) is 9.36. The van der Waals surface area contributed by atoms with Crippen LogP contribution in [0.4, 0.5) is 10.1 Å². The van der Waals surface area contributed by atoms with Crippen LogP contribution >= 0.6 is 0 Å². The van der Waals surface area contributed by atoms with Crippen LogP contribution in [0, 0.1) is 11.7 Å². The number of anilines is 1. The number of amides is 3. The lowest BCUT2D eigenvalue weighted by molar-refractivity contribution is -0.118. The van der Waals surface area contributed by atoms with Crippen molar-refractivity contribution in [3.63, 3.8) is 0 Å². The smallest absolute Gasteiger partial charge is 0.272 e. The molecule has 0 saturated carbocycles. The highest BCUT2D eigenvalue weighted by molar-refractivity contribution is 6.02. The number of halogens is 1. The molecule has 1 aromatic heterocycles. The Kier molecular flexibility index (Phi) is 7.77. The number of fused-ring (bicyclic) bond motifs is 1. The minimum atomic E-state index is -0.825. The molecule has 1 aliphatic rings. The molecule has 0 radical (unpaired) electrons. The van der Waals surface area contributed by atoms with E-state index < -0.39 is 23.7 Å². The monoisotopic (exact) mass is 491 g/mol. The van der Waals surface area contributed by atoms with E-state index in [2.05, 4.69) is 15.7 Å². The maximum absolute atomic E-state index is 13.2. The fourth-order valence-electron chi connectivity index (χ4n) is 4.20. The number of nitrogens with zero attached hydrogens (tertiary/aromatic N) is 3. The zero-order valence-corrected chi connectivity index (χ0v) is 20.4. The topological polar surface area (TPSA) is 96.3 Å². The van der Waals surface area contributed by atoms with E-state index in [0.29, 0.717) is 43.9 Å². The second-order valence-electron chi connectivity index (χ2n) is 9.36. The summed E-state index contributed by atoms with van der Waals surface area (Å²) >= 11 is 0. The lowest BCUT2D eigenvalue weighted by Crippen LogP contribution is -2.44. The van der Waals surface area contributed by atoms with Crippen LogP contribution in [0.15, 0.2) is 60.7 Å². The summed E-state index contributed by atoms with van der Waals surface area (Å²) in [5.41, 5.74) is 1.90. The van der Waals surface area contributed by atoms with Crippen molar-refractivity contribution >= 4 is 23.4 Å². The summed E-state index contributed by atoms with van der Waals surface area (Å²) in [6, 6.07) is 15.8. The van der Waals surface area contributed by atoms with E-state index in [1.165, 1.54) is 30.3 Å². The van der Waals surface area contributed by atoms with Crippen molar-refractivity contribution in [2.45, 2.75) is 45.8 Å². The van der Waals surface area contributed by atoms with Gasteiger partial charge in [0.15, 0.2) is 5.69 Å². The molecule has 0 aliphatic carbocycles. The molecule has 1 aliphatic heterocycles. The van der Waals surface area contributed by atoms with Crippen LogP contribution in [-0.4, -0.2) is 45.0 Å². The van der Waals surface area contributed by atoms with E-state index in [9.17, 15) is 18.8 Å². The van der Waals surface area contributed by atoms with Crippen LogP contribution in [0.1, 0.15) is 53.2 Å². The third-order valence-corrected chi connectivity index (χ3v) is 5.97. The summed E-state index contributed by atoms with van der Waals surface area (Å²) < 4.78 is 14.8. The summed E-state index contributed by atoms with van der Waals surface area (Å²) in [7, 11) is 0. The van der Waals surface area contributed by atoms with Gasteiger partial charge in [-0.15, -0.1) is 0 Å². The lowest BCUT2D eigenvalue weighted by atomic mass is 10.0. The van der Waals surface area contributed by atoms with Crippen molar-refractivity contribution in [1.82, 2.24) is 20.0 Å². The largest absolute Gasteiger partial charge is 0.339 e. The molecule has 0 bridgehead atoms. The number of benzene rings is 2. The molecule has 188 valence electrons. The minimum absolute atomic E-state index is 0.0863. The first-order chi connectivity index (χ1) is 17.3. The zero-order chi connectivity index (χ0) is 25.7. The Morgan fingerprint density at radius 1 is 1.06 bits per heavy atom. The van der Waals surface area contributed by atoms with Crippen LogP contribution in [0.5, 0.6) is 0 Å². The van der Waals surface area contributed by atoms with Gasteiger partial charge < -0.3 is 15.5 Å². The summed E-state index contributed by atoms with van der Waals surface area (Å²) in [5, 5.41) is 9.85. The van der Waals surface area contributed by atoms with Gasteiger partial charge in [-0.1, -0.05) is 44.2 Å². The predicted octanol–water partition coefficient (Wildman–Crippen LogP) is 3.85. The zero-order valence-electron chi connectivity index (χ0n) is 20.4. The van der Waals surface area contributed by atoms with E-state index in [1.807, 2.05) is 44.2 Å². The normalized spacial score (nSPS) is 14.2. The van der Waals surface area contributed by atoms with Crippen molar-refractivity contribution in [2.75, 3.05) is 11.9 Å². The molecule has 36 heavy (non-hydrogen) atoms. The van der Waals surface area contributed by atoms with Crippen molar-refractivity contribution in [1.29, 1.82) is 0 Å². The average Bonchev–Trinajstić information content (AvgIpc) is 3.23. The number of hydrogen-bond donors (Lipinski definition) is 2. The minimum Gasteiger partial charge on any atom is -0.339 e. The molecule has 1 atom stereocenters. The van der Waals surface area contributed by atoms with Gasteiger partial charge >= 0.3 is 0 Å².